The van der Waals surface area contributed by atoms with E-state index in [2.05, 4.69) is 19.9 Å². The van der Waals surface area contributed by atoms with Gasteiger partial charge in [-0.2, -0.15) is 0 Å². The monoisotopic (exact) mass is 897 g/mol. The van der Waals surface area contributed by atoms with Crippen LogP contribution in [0, 0.1) is 0 Å². The molecule has 0 bridgehead atoms. The first kappa shape index (κ1) is 44.0. The summed E-state index contributed by atoms with van der Waals surface area (Å²) in [5.74, 6) is -1.00. The average Bonchev–Trinajstić information content (AvgIpc) is 3.84. The van der Waals surface area contributed by atoms with Crippen molar-refractivity contribution in [2.45, 2.75) is 89.3 Å². The number of fused-ring (bicyclic) bond motifs is 3. The normalized spacial score (nSPS) is 30.3. The van der Waals surface area contributed by atoms with E-state index in [1.54, 1.807) is 32.3 Å². The van der Waals surface area contributed by atoms with Gasteiger partial charge in [-0.1, -0.05) is 0 Å². The van der Waals surface area contributed by atoms with Gasteiger partial charge in [-0.3, -0.25) is 37.0 Å². The van der Waals surface area contributed by atoms with E-state index < -0.39 is 117 Å². The average molecular weight is 898 g/mol. The predicted molar refractivity (Wildman–Crippen MR) is 201 cm³/mol. The number of rotatable bonds is 11. The molecule has 0 aliphatic carbocycles. The molecule has 3 aliphatic rings. The molecule has 3 N–H and O–H groups in total. The smallest absolute Gasteiger partial charge is 0.432 e. The summed E-state index contributed by atoms with van der Waals surface area (Å²) in [6, 6.07) is 1.07. The fourth-order valence-electron chi connectivity index (χ4n) is 5.86. The van der Waals surface area contributed by atoms with Gasteiger partial charge in [0.15, 0.2) is 29.6 Å². The lowest BCUT2D eigenvalue weighted by Gasteiger charge is -2.30. The zero-order valence-electron chi connectivity index (χ0n) is 31.5. The topological polar surface area (TPSA) is 294 Å². The molecule has 3 aromatic heterocycles. The molecule has 6 rings (SSSR count). The van der Waals surface area contributed by atoms with Gasteiger partial charge in [0.1, 0.15) is 48.6 Å². The van der Waals surface area contributed by atoms with E-state index in [-0.39, 0.29) is 17.8 Å². The minimum Gasteiger partial charge on any atom is -0.432 e. The van der Waals surface area contributed by atoms with Crippen molar-refractivity contribution in [3.05, 3.63) is 45.8 Å². The highest BCUT2D eigenvalue weighted by Crippen LogP contribution is 2.66. The highest BCUT2D eigenvalue weighted by Gasteiger charge is 2.53. The zero-order chi connectivity index (χ0) is 41.8. The molecule has 3 fully saturated rings. The predicted octanol–water partition coefficient (Wildman–Crippen LogP) is 3.70. The van der Waals surface area contributed by atoms with Gasteiger partial charge in [0.25, 0.3) is 5.56 Å². The molecule has 3 saturated heterocycles. The molecule has 3 aromatic rings. The molecule has 0 amide bonds. The summed E-state index contributed by atoms with van der Waals surface area (Å²) in [6.07, 6.45) is -7.80. The molecule has 3 unspecified atom stereocenters. The van der Waals surface area contributed by atoms with Gasteiger partial charge >= 0.3 is 31.6 Å². The molecular weight excluding hydrogens is 856 g/mol. The van der Waals surface area contributed by atoms with E-state index in [4.69, 9.17) is 57.0 Å². The number of carbonyl (C=O) groups is 2. The molecule has 0 aromatic carbocycles. The number of nitrogens with two attached hydrogens (primary N) is 1. The molecule has 58 heavy (non-hydrogen) atoms. The first-order chi connectivity index (χ1) is 27.6. The van der Waals surface area contributed by atoms with Crippen LogP contribution < -0.4 is 17.0 Å². The van der Waals surface area contributed by atoms with Gasteiger partial charge < -0.3 is 38.9 Å². The van der Waals surface area contributed by atoms with E-state index in [1.807, 2.05) is 0 Å². The number of aromatic amines is 1. The Bertz CT molecular complexity index is 2160. The summed E-state index contributed by atoms with van der Waals surface area (Å²) < 4.78 is 94.7. The number of H-pyrrole nitrogens is 1. The molecule has 320 valence electrons. The standard InChI is InChI=1S/C30H41N7O17P2S2/c1-15(2)49-29(40)45-13-57-55(42)48-10-19-23(24(44-5)27(52-19)36-7-6-20(38)35-28(36)39)54-56(43,58-14-46-30(41)50-16(3)4)47-9-18-17(53-55)8-21(51-18)37-12-34-22-25(31)32-11-33-26(22)37/h6-7,11-12,15-19,21,23-24,27H,8-10,13-14H2,1-5H3,(H2,31,32,33)(H,35,38,39)/t17-,18?,19+,21+,23+,24+,27+,55?,56?/m0/s1. The molecule has 0 radical (unpaired) electrons. The highest BCUT2D eigenvalue weighted by molar-refractivity contribution is 8.55. The number of hydrogen-bond donors (Lipinski definition) is 2. The second kappa shape index (κ2) is 18.8. The van der Waals surface area contributed by atoms with Crippen molar-refractivity contribution in [1.29, 1.82) is 0 Å². The Labute approximate surface area is 336 Å². The fraction of sp³-hybridized carbons (Fsp3) is 0.633. The minimum atomic E-state index is -4.48. The molecular formula is C30H41N7O17P2S2. The van der Waals surface area contributed by atoms with Gasteiger partial charge in [-0.15, -0.1) is 0 Å². The molecule has 24 nitrogen and oxygen atoms in total. The third kappa shape index (κ3) is 10.6. The lowest BCUT2D eigenvalue weighted by molar-refractivity contribution is -0.0624. The number of carbonyl (C=O) groups excluding carboxylic acids is 2. The van der Waals surface area contributed by atoms with Crippen molar-refractivity contribution in [3.8, 4) is 0 Å². The van der Waals surface area contributed by atoms with Crippen LogP contribution in [0.25, 0.3) is 11.2 Å². The molecule has 3 aliphatic heterocycles. The van der Waals surface area contributed by atoms with E-state index in [1.165, 1.54) is 19.8 Å². The van der Waals surface area contributed by atoms with Crippen molar-refractivity contribution >= 4 is 65.7 Å². The maximum absolute atomic E-state index is 14.7. The third-order valence-electron chi connectivity index (χ3n) is 8.31. The molecule has 6 heterocycles. The molecule has 9 atom stereocenters. The summed E-state index contributed by atoms with van der Waals surface area (Å²) in [6.45, 7) is -3.58. The first-order valence-electron chi connectivity index (χ1n) is 17.5. The van der Waals surface area contributed by atoms with E-state index in [9.17, 15) is 28.3 Å². The van der Waals surface area contributed by atoms with Crippen LogP contribution in [0.3, 0.4) is 0 Å². The van der Waals surface area contributed by atoms with Gasteiger partial charge in [-0.05, 0) is 27.7 Å². The number of hydrogen-bond acceptors (Lipinski definition) is 23. The molecule has 0 spiro atoms. The van der Waals surface area contributed by atoms with Crippen LogP contribution in [-0.2, 0) is 60.4 Å². The highest BCUT2D eigenvalue weighted by atomic mass is 32.7. The Balaban J connectivity index is 1.34. The van der Waals surface area contributed by atoms with Gasteiger partial charge in [0.05, 0.1) is 31.7 Å². The number of nitrogen functional groups attached to an aromatic ring is 1. The largest absolute Gasteiger partial charge is 0.509 e. The summed E-state index contributed by atoms with van der Waals surface area (Å²) >= 11 is 0.993. The maximum atomic E-state index is 14.7. The molecule has 28 heteroatoms. The van der Waals surface area contributed by atoms with Gasteiger partial charge in [0.2, 0.25) is 0 Å². The van der Waals surface area contributed by atoms with Crippen LogP contribution in [0.4, 0.5) is 15.4 Å². The summed E-state index contributed by atoms with van der Waals surface area (Å²) in [5, 5.41) is 0. The number of methoxy groups -OCH3 is 1. The number of ether oxygens (including phenoxy) is 7. The quantitative estimate of drug-likeness (QED) is 0.157. The van der Waals surface area contributed by atoms with Gasteiger partial charge in [-0.25, -0.2) is 38.5 Å². The Morgan fingerprint density at radius 1 is 0.914 bits per heavy atom. The fourth-order valence-corrected chi connectivity index (χ4v) is 11.5. The Morgan fingerprint density at radius 3 is 2.17 bits per heavy atom. The van der Waals surface area contributed by atoms with Crippen LogP contribution in [-0.4, -0.2) is 116 Å². The number of nitrogens with zero attached hydrogens (tertiary/aromatic N) is 5. The summed E-state index contributed by atoms with van der Waals surface area (Å²) in [4.78, 5) is 63.8. The Hall–Kier alpha value is -3.55. The number of imidazole rings is 1. The number of aromatic nitrogens is 6. The van der Waals surface area contributed by atoms with Crippen LogP contribution in [0.5, 0.6) is 0 Å². The first-order valence-corrected chi connectivity index (χ1v) is 23.7. The second-order valence-electron chi connectivity index (χ2n) is 13.0. The van der Waals surface area contributed by atoms with E-state index in [0.29, 0.717) is 28.4 Å². The number of nitrogens with one attached hydrogen (secondary N) is 1. The van der Waals surface area contributed by atoms with Crippen molar-refractivity contribution in [2.24, 2.45) is 0 Å². The summed E-state index contributed by atoms with van der Waals surface area (Å²) in [7, 11) is 1.26. The van der Waals surface area contributed by atoms with Gasteiger partial charge in [0, 0.05) is 48.6 Å². The summed E-state index contributed by atoms with van der Waals surface area (Å²) in [5.41, 5.74) is 5.03. The minimum absolute atomic E-state index is 0.0263. The number of anilines is 1. The lowest BCUT2D eigenvalue weighted by atomic mass is 10.1. The van der Waals surface area contributed by atoms with Crippen LogP contribution in [0.2, 0.25) is 0 Å². The van der Waals surface area contributed by atoms with Crippen molar-refractivity contribution in [3.63, 3.8) is 0 Å². The lowest BCUT2D eigenvalue weighted by Crippen LogP contribution is -2.40. The van der Waals surface area contributed by atoms with E-state index in [0.717, 1.165) is 16.8 Å². The van der Waals surface area contributed by atoms with Crippen molar-refractivity contribution < 1.29 is 70.0 Å². The molecule has 0 saturated carbocycles. The zero-order valence-corrected chi connectivity index (χ0v) is 34.9. The van der Waals surface area contributed by atoms with Crippen LogP contribution in [0.1, 0.15) is 46.6 Å². The van der Waals surface area contributed by atoms with E-state index >= 15 is 0 Å². The SMILES string of the molecule is CO[C@@H]1[C@@H]2OP(=O)(SCOC(=O)OC(C)C)OCC3O[C@@H](n4cnc5c(N)ncnc54)C[C@@H]3OP(=O)(SCOC(=O)OC(C)C)OC[C@H]2O[C@H]1n1ccc(=O)[nH]c1=O. The van der Waals surface area contributed by atoms with Crippen molar-refractivity contribution in [1.82, 2.24) is 29.1 Å². The second-order valence-corrected chi connectivity index (χ2v) is 21.0. The Kier molecular flexibility index (Phi) is 14.3. The van der Waals surface area contributed by atoms with Crippen LogP contribution >= 0.6 is 36.4 Å². The third-order valence-corrected chi connectivity index (χ3v) is 15.0. The Morgan fingerprint density at radius 2 is 1.55 bits per heavy atom. The maximum Gasteiger partial charge on any atom is 0.509 e. The van der Waals surface area contributed by atoms with Crippen LogP contribution in [0.15, 0.2) is 34.5 Å². The van der Waals surface area contributed by atoms with Crippen molar-refractivity contribution in [2.75, 3.05) is 37.9 Å².